The molecule has 0 aliphatic rings. The Morgan fingerprint density at radius 3 is 1.95 bits per heavy atom. The molecule has 0 N–H and O–H groups in total. The molecule has 0 spiro atoms. The van der Waals surface area contributed by atoms with Crippen molar-refractivity contribution in [1.29, 1.82) is 0 Å². The first-order chi connectivity index (χ1) is 19.7. The highest BCUT2D eigenvalue weighted by molar-refractivity contribution is 5.99. The normalized spacial score (nSPS) is 11.2. The van der Waals surface area contributed by atoms with Crippen molar-refractivity contribution in [2.24, 2.45) is 10.2 Å². The Morgan fingerprint density at radius 1 is 0.625 bits per heavy atom. The third kappa shape index (κ3) is 8.40. The van der Waals surface area contributed by atoms with E-state index in [9.17, 15) is 4.79 Å². The van der Waals surface area contributed by atoms with E-state index >= 15 is 0 Å². The molecule has 4 aromatic carbocycles. The minimum Gasteiger partial charge on any atom is -0.494 e. The van der Waals surface area contributed by atoms with Gasteiger partial charge in [0, 0.05) is 10.8 Å². The van der Waals surface area contributed by atoms with Gasteiger partial charge in [0.15, 0.2) is 0 Å². The van der Waals surface area contributed by atoms with Crippen LogP contribution >= 0.6 is 0 Å². The quantitative estimate of drug-likeness (QED) is 0.0653. The van der Waals surface area contributed by atoms with E-state index in [1.807, 2.05) is 66.7 Å². The van der Waals surface area contributed by atoms with Crippen molar-refractivity contribution < 1.29 is 19.0 Å². The van der Waals surface area contributed by atoms with Gasteiger partial charge in [-0.2, -0.15) is 5.11 Å². The van der Waals surface area contributed by atoms with Gasteiger partial charge >= 0.3 is 5.97 Å². The van der Waals surface area contributed by atoms with Crippen LogP contribution in [0, 0.1) is 0 Å². The molecule has 0 fully saturated rings. The lowest BCUT2D eigenvalue weighted by Gasteiger charge is -2.10. The number of azo groups is 1. The maximum Gasteiger partial charge on any atom is 0.343 e. The predicted octanol–water partition coefficient (Wildman–Crippen LogP) is 10.0. The summed E-state index contributed by atoms with van der Waals surface area (Å²) in [6.45, 7) is 5.74. The van der Waals surface area contributed by atoms with E-state index < -0.39 is 5.97 Å². The molecule has 0 atom stereocenters. The van der Waals surface area contributed by atoms with Gasteiger partial charge in [0.1, 0.15) is 17.2 Å². The molecular formula is C34H38N2O4. The molecule has 0 aromatic heterocycles. The van der Waals surface area contributed by atoms with Gasteiger partial charge in [-0.3, -0.25) is 0 Å². The maximum atomic E-state index is 12.9. The first-order valence-corrected chi connectivity index (χ1v) is 14.3. The van der Waals surface area contributed by atoms with E-state index in [0.717, 1.165) is 47.2 Å². The van der Waals surface area contributed by atoms with Crippen LogP contribution in [0.15, 0.2) is 95.2 Å². The van der Waals surface area contributed by atoms with E-state index in [0.29, 0.717) is 30.2 Å². The minimum atomic E-state index is -0.424. The van der Waals surface area contributed by atoms with Crippen LogP contribution in [0.5, 0.6) is 17.2 Å². The van der Waals surface area contributed by atoms with E-state index in [1.165, 1.54) is 25.7 Å². The minimum absolute atomic E-state index is 0.424. The van der Waals surface area contributed by atoms with Crippen LogP contribution in [0.3, 0.4) is 0 Å². The fourth-order valence-electron chi connectivity index (χ4n) is 4.23. The molecule has 6 heteroatoms. The number of hydrogen-bond donors (Lipinski definition) is 0. The summed E-state index contributed by atoms with van der Waals surface area (Å²) < 4.78 is 17.3. The van der Waals surface area contributed by atoms with Crippen LogP contribution in [-0.4, -0.2) is 19.2 Å². The standard InChI is InChI=1S/C34H38N2O4/c1-3-5-7-8-11-25-39-28-18-14-26(15-19-28)34(37)40-33-23-22-32(30-12-9-10-13-31(30)33)36-35-27-16-20-29(21-17-27)38-24-6-4-2/h9-10,12-23H,3-8,11,24-25H2,1-2H3. The summed E-state index contributed by atoms with van der Waals surface area (Å²) in [5, 5.41) is 10.5. The third-order valence-corrected chi connectivity index (χ3v) is 6.55. The molecule has 0 aliphatic carbocycles. The molecule has 0 amide bonds. The molecule has 0 aliphatic heterocycles. The average Bonchev–Trinajstić information content (AvgIpc) is 2.99. The summed E-state index contributed by atoms with van der Waals surface area (Å²) in [6, 6.07) is 25.9. The third-order valence-electron chi connectivity index (χ3n) is 6.55. The van der Waals surface area contributed by atoms with Gasteiger partial charge < -0.3 is 14.2 Å². The molecule has 40 heavy (non-hydrogen) atoms. The summed E-state index contributed by atoms with van der Waals surface area (Å²) in [7, 11) is 0. The molecule has 4 rings (SSSR count). The number of ether oxygens (including phenoxy) is 3. The van der Waals surface area contributed by atoms with Crippen molar-refractivity contribution >= 4 is 28.1 Å². The molecule has 6 nitrogen and oxygen atoms in total. The van der Waals surface area contributed by atoms with Gasteiger partial charge in [-0.1, -0.05) is 70.2 Å². The number of fused-ring (bicyclic) bond motifs is 1. The summed E-state index contributed by atoms with van der Waals surface area (Å²) in [5.74, 6) is 1.63. The molecule has 0 saturated heterocycles. The van der Waals surface area contributed by atoms with Gasteiger partial charge in [0.05, 0.1) is 30.2 Å². The van der Waals surface area contributed by atoms with Crippen molar-refractivity contribution in [3.63, 3.8) is 0 Å². The van der Waals surface area contributed by atoms with Crippen molar-refractivity contribution in [3.8, 4) is 17.2 Å². The zero-order valence-corrected chi connectivity index (χ0v) is 23.5. The number of carbonyl (C=O) groups excluding carboxylic acids is 1. The fraction of sp³-hybridized carbons (Fsp3) is 0.324. The van der Waals surface area contributed by atoms with Gasteiger partial charge in [0.25, 0.3) is 0 Å². The van der Waals surface area contributed by atoms with Gasteiger partial charge in [0.2, 0.25) is 0 Å². The highest BCUT2D eigenvalue weighted by Crippen LogP contribution is 2.35. The van der Waals surface area contributed by atoms with E-state index in [-0.39, 0.29) is 0 Å². The number of carbonyl (C=O) groups is 1. The topological polar surface area (TPSA) is 69.5 Å². The van der Waals surface area contributed by atoms with Crippen LogP contribution in [0.1, 0.15) is 69.2 Å². The van der Waals surface area contributed by atoms with Crippen LogP contribution in [0.2, 0.25) is 0 Å². The number of hydrogen-bond acceptors (Lipinski definition) is 6. The van der Waals surface area contributed by atoms with Crippen molar-refractivity contribution in [1.82, 2.24) is 0 Å². The SMILES string of the molecule is CCCCCCCOc1ccc(C(=O)Oc2ccc(N=Nc3ccc(OCCCC)cc3)c3ccccc23)cc1. The summed E-state index contributed by atoms with van der Waals surface area (Å²) in [6.07, 6.45) is 8.07. The largest absolute Gasteiger partial charge is 0.494 e. The molecule has 0 saturated carbocycles. The lowest BCUT2D eigenvalue weighted by atomic mass is 10.1. The van der Waals surface area contributed by atoms with E-state index in [1.54, 1.807) is 18.2 Å². The Hall–Kier alpha value is -4.19. The summed E-state index contributed by atoms with van der Waals surface area (Å²) in [5.41, 5.74) is 1.88. The zero-order valence-electron chi connectivity index (χ0n) is 23.5. The van der Waals surface area contributed by atoms with Gasteiger partial charge in [-0.25, -0.2) is 4.79 Å². The Labute approximate surface area is 237 Å². The van der Waals surface area contributed by atoms with Crippen molar-refractivity contribution in [3.05, 3.63) is 90.5 Å². The van der Waals surface area contributed by atoms with E-state index in [2.05, 4.69) is 24.1 Å². The predicted molar refractivity (Wildman–Crippen MR) is 161 cm³/mol. The zero-order chi connectivity index (χ0) is 28.0. The second kappa shape index (κ2) is 15.4. The average molecular weight is 539 g/mol. The Balaban J connectivity index is 1.39. The smallest absolute Gasteiger partial charge is 0.343 e. The van der Waals surface area contributed by atoms with Crippen molar-refractivity contribution in [2.75, 3.05) is 13.2 Å². The summed E-state index contributed by atoms with van der Waals surface area (Å²) in [4.78, 5) is 12.9. The number of benzene rings is 4. The number of esters is 1. The highest BCUT2D eigenvalue weighted by Gasteiger charge is 2.13. The van der Waals surface area contributed by atoms with Crippen LogP contribution in [0.25, 0.3) is 10.8 Å². The van der Waals surface area contributed by atoms with E-state index in [4.69, 9.17) is 14.2 Å². The molecule has 0 heterocycles. The van der Waals surface area contributed by atoms with Crippen LogP contribution in [-0.2, 0) is 0 Å². The fourth-order valence-corrected chi connectivity index (χ4v) is 4.23. The molecular weight excluding hydrogens is 500 g/mol. The molecule has 0 bridgehead atoms. The summed E-state index contributed by atoms with van der Waals surface area (Å²) >= 11 is 0. The number of unbranched alkanes of at least 4 members (excludes halogenated alkanes) is 5. The number of nitrogens with zero attached hydrogens (tertiary/aromatic N) is 2. The number of rotatable bonds is 15. The van der Waals surface area contributed by atoms with Crippen molar-refractivity contribution in [2.45, 2.75) is 58.8 Å². The Morgan fingerprint density at radius 2 is 1.25 bits per heavy atom. The van der Waals surface area contributed by atoms with Crippen LogP contribution < -0.4 is 14.2 Å². The highest BCUT2D eigenvalue weighted by atomic mass is 16.5. The Kier molecular flexibility index (Phi) is 11.1. The maximum absolute atomic E-state index is 12.9. The molecule has 0 unspecified atom stereocenters. The van der Waals surface area contributed by atoms with Gasteiger partial charge in [-0.15, -0.1) is 5.11 Å². The Bertz CT molecular complexity index is 1380. The van der Waals surface area contributed by atoms with Gasteiger partial charge in [-0.05, 0) is 73.5 Å². The lowest BCUT2D eigenvalue weighted by Crippen LogP contribution is -2.08. The first kappa shape index (κ1) is 28.8. The lowest BCUT2D eigenvalue weighted by molar-refractivity contribution is 0.0737. The second-order valence-electron chi connectivity index (χ2n) is 9.70. The first-order valence-electron chi connectivity index (χ1n) is 14.3. The second-order valence-corrected chi connectivity index (χ2v) is 9.70. The molecule has 4 aromatic rings. The molecule has 0 radical (unpaired) electrons. The monoisotopic (exact) mass is 538 g/mol. The van der Waals surface area contributed by atoms with Crippen LogP contribution in [0.4, 0.5) is 11.4 Å². The molecule has 208 valence electrons.